The van der Waals surface area contributed by atoms with E-state index in [0.717, 1.165) is 0 Å². The lowest BCUT2D eigenvalue weighted by molar-refractivity contribution is 0.346. The van der Waals surface area contributed by atoms with Crippen LogP contribution in [-0.4, -0.2) is 0 Å². The standard InChI is InChI=1S/C44H36N2/c1-3-19-35(20-4-1)41(45-43-37-23-11-7-15-31(37)27-28-32-16-8-12-24-38(32)43)42(36-21-5-2-6-22-36)46-44-39-25-13-9-17-33(39)29-30-34-18-10-14-26-40(34)44/h1-30,41-46H/t41-,42-/m1/s1. The Morgan fingerprint density at radius 3 is 0.870 bits per heavy atom. The number of hydrogen-bond donors (Lipinski definition) is 2. The van der Waals surface area contributed by atoms with E-state index in [0.29, 0.717) is 0 Å². The average Bonchev–Trinajstić information content (AvgIpc) is 3.39. The molecule has 222 valence electrons. The summed E-state index contributed by atoms with van der Waals surface area (Å²) in [6, 6.07) is 56.9. The summed E-state index contributed by atoms with van der Waals surface area (Å²) in [7, 11) is 0. The van der Waals surface area contributed by atoms with E-state index in [2.05, 4.69) is 193 Å². The molecule has 8 rings (SSSR count). The van der Waals surface area contributed by atoms with E-state index in [1.807, 2.05) is 0 Å². The minimum Gasteiger partial charge on any atom is -0.298 e. The van der Waals surface area contributed by atoms with Crippen LogP contribution in [0.3, 0.4) is 0 Å². The first-order valence-corrected chi connectivity index (χ1v) is 16.2. The molecule has 0 aromatic heterocycles. The van der Waals surface area contributed by atoms with Gasteiger partial charge in [-0.3, -0.25) is 10.6 Å². The molecule has 6 aromatic carbocycles. The monoisotopic (exact) mass is 592 g/mol. The maximum absolute atomic E-state index is 4.26. The van der Waals surface area contributed by atoms with Crippen molar-refractivity contribution in [2.24, 2.45) is 0 Å². The van der Waals surface area contributed by atoms with Crippen molar-refractivity contribution in [1.29, 1.82) is 0 Å². The molecule has 0 heterocycles. The summed E-state index contributed by atoms with van der Waals surface area (Å²) in [5, 5.41) is 8.52. The van der Waals surface area contributed by atoms with Gasteiger partial charge in [0, 0.05) is 0 Å². The molecule has 0 amide bonds. The summed E-state index contributed by atoms with van der Waals surface area (Å²) in [5.41, 5.74) is 12.6. The fourth-order valence-corrected chi connectivity index (χ4v) is 7.21. The third-order valence-corrected chi connectivity index (χ3v) is 9.46. The Kier molecular flexibility index (Phi) is 7.73. The van der Waals surface area contributed by atoms with Crippen LogP contribution in [-0.2, 0) is 0 Å². The van der Waals surface area contributed by atoms with Crippen LogP contribution in [0.15, 0.2) is 158 Å². The number of nitrogens with one attached hydrogen (secondary N) is 2. The highest BCUT2D eigenvalue weighted by Gasteiger charge is 2.33. The maximum atomic E-state index is 4.26. The van der Waals surface area contributed by atoms with Gasteiger partial charge in [-0.25, -0.2) is 0 Å². The minimum atomic E-state index is -0.0663. The van der Waals surface area contributed by atoms with Crippen molar-refractivity contribution in [3.8, 4) is 0 Å². The highest BCUT2D eigenvalue weighted by atomic mass is 15.1. The van der Waals surface area contributed by atoms with Crippen LogP contribution < -0.4 is 10.6 Å². The Labute approximate surface area is 271 Å². The van der Waals surface area contributed by atoms with Crippen molar-refractivity contribution in [2.75, 3.05) is 0 Å². The molecule has 2 aliphatic rings. The van der Waals surface area contributed by atoms with Gasteiger partial charge in [0.15, 0.2) is 0 Å². The molecular weight excluding hydrogens is 556 g/mol. The lowest BCUT2D eigenvalue weighted by Gasteiger charge is -2.37. The molecule has 0 aliphatic heterocycles. The van der Waals surface area contributed by atoms with E-state index in [1.165, 1.54) is 55.6 Å². The van der Waals surface area contributed by atoms with E-state index in [-0.39, 0.29) is 24.2 Å². The van der Waals surface area contributed by atoms with E-state index < -0.39 is 0 Å². The van der Waals surface area contributed by atoms with Crippen LogP contribution in [0.25, 0.3) is 24.3 Å². The number of hydrogen-bond acceptors (Lipinski definition) is 2. The maximum Gasteiger partial charge on any atom is 0.0593 e. The fourth-order valence-electron chi connectivity index (χ4n) is 7.21. The molecule has 0 saturated carbocycles. The van der Waals surface area contributed by atoms with Crippen LogP contribution in [0.4, 0.5) is 0 Å². The fraction of sp³-hybridized carbons (Fsp3) is 0.0909. The SMILES string of the molecule is C1=Cc2ccccc2C(N[C@H](c2ccccc2)[C@H](NC2c3ccccc3C=Cc3ccccc32)c2ccccc2)c2ccccc21. The van der Waals surface area contributed by atoms with Crippen molar-refractivity contribution < 1.29 is 0 Å². The van der Waals surface area contributed by atoms with Gasteiger partial charge in [-0.15, -0.1) is 0 Å². The molecule has 2 atom stereocenters. The largest absolute Gasteiger partial charge is 0.298 e. The van der Waals surface area contributed by atoms with Crippen LogP contribution in [0.5, 0.6) is 0 Å². The third-order valence-electron chi connectivity index (χ3n) is 9.46. The summed E-state index contributed by atoms with van der Waals surface area (Å²) in [6.07, 6.45) is 9.03. The molecule has 6 aromatic rings. The van der Waals surface area contributed by atoms with E-state index in [9.17, 15) is 0 Å². The topological polar surface area (TPSA) is 24.1 Å². The first-order valence-electron chi connectivity index (χ1n) is 16.2. The molecule has 2 heteroatoms. The zero-order valence-electron chi connectivity index (χ0n) is 25.6. The van der Waals surface area contributed by atoms with Crippen LogP contribution in [0.2, 0.25) is 0 Å². The van der Waals surface area contributed by atoms with Gasteiger partial charge in [0.2, 0.25) is 0 Å². The van der Waals surface area contributed by atoms with Crippen LogP contribution in [0.1, 0.15) is 79.8 Å². The van der Waals surface area contributed by atoms with Gasteiger partial charge in [-0.05, 0) is 55.6 Å². The molecule has 0 spiro atoms. The van der Waals surface area contributed by atoms with Gasteiger partial charge in [-0.1, -0.05) is 182 Å². The highest BCUT2D eigenvalue weighted by molar-refractivity contribution is 5.77. The lowest BCUT2D eigenvalue weighted by Crippen LogP contribution is -2.40. The Hall–Kier alpha value is -5.28. The molecule has 2 N–H and O–H groups in total. The molecule has 0 unspecified atom stereocenters. The number of fused-ring (bicyclic) bond motifs is 4. The Bertz CT molecular complexity index is 1780. The molecule has 0 radical (unpaired) electrons. The summed E-state index contributed by atoms with van der Waals surface area (Å²) in [5.74, 6) is 0. The molecule has 0 bridgehead atoms. The average molecular weight is 593 g/mol. The van der Waals surface area contributed by atoms with Crippen molar-refractivity contribution in [1.82, 2.24) is 10.6 Å². The van der Waals surface area contributed by atoms with E-state index in [4.69, 9.17) is 0 Å². The summed E-state index contributed by atoms with van der Waals surface area (Å²) >= 11 is 0. The predicted octanol–water partition coefficient (Wildman–Crippen LogP) is 10.2. The van der Waals surface area contributed by atoms with Gasteiger partial charge in [0.1, 0.15) is 0 Å². The van der Waals surface area contributed by atoms with Gasteiger partial charge in [-0.2, -0.15) is 0 Å². The van der Waals surface area contributed by atoms with Gasteiger partial charge >= 0.3 is 0 Å². The molecule has 46 heavy (non-hydrogen) atoms. The van der Waals surface area contributed by atoms with Crippen molar-refractivity contribution >= 4 is 24.3 Å². The van der Waals surface area contributed by atoms with Crippen molar-refractivity contribution in [2.45, 2.75) is 24.2 Å². The highest BCUT2D eigenvalue weighted by Crippen LogP contribution is 2.41. The van der Waals surface area contributed by atoms with Gasteiger partial charge in [0.05, 0.1) is 24.2 Å². The third kappa shape index (κ3) is 5.43. The zero-order valence-corrected chi connectivity index (χ0v) is 25.6. The predicted molar refractivity (Wildman–Crippen MR) is 192 cm³/mol. The van der Waals surface area contributed by atoms with Crippen LogP contribution >= 0.6 is 0 Å². The normalized spacial score (nSPS) is 15.0. The number of rotatable bonds is 7. The molecular formula is C44H36N2. The quantitative estimate of drug-likeness (QED) is 0.193. The zero-order chi connectivity index (χ0) is 30.7. The summed E-state index contributed by atoms with van der Waals surface area (Å²) < 4.78 is 0. The molecule has 2 aliphatic carbocycles. The van der Waals surface area contributed by atoms with Crippen molar-refractivity contribution in [3.63, 3.8) is 0 Å². The minimum absolute atomic E-state index is 0.0176. The van der Waals surface area contributed by atoms with Gasteiger partial charge in [0.25, 0.3) is 0 Å². The molecule has 0 saturated heterocycles. The van der Waals surface area contributed by atoms with E-state index >= 15 is 0 Å². The molecule has 0 fully saturated rings. The van der Waals surface area contributed by atoms with E-state index in [1.54, 1.807) is 0 Å². The second-order valence-corrected chi connectivity index (χ2v) is 12.2. The molecule has 2 nitrogen and oxygen atoms in total. The first kappa shape index (κ1) is 28.2. The Morgan fingerprint density at radius 1 is 0.304 bits per heavy atom. The van der Waals surface area contributed by atoms with Gasteiger partial charge < -0.3 is 0 Å². The van der Waals surface area contributed by atoms with Crippen LogP contribution in [0, 0.1) is 0 Å². The first-order chi connectivity index (χ1) is 22.8. The second kappa shape index (κ2) is 12.6. The van der Waals surface area contributed by atoms with Crippen molar-refractivity contribution in [3.05, 3.63) is 213 Å². The summed E-state index contributed by atoms with van der Waals surface area (Å²) in [6.45, 7) is 0. The Morgan fingerprint density at radius 2 is 0.565 bits per heavy atom. The summed E-state index contributed by atoms with van der Waals surface area (Å²) in [4.78, 5) is 0. The second-order valence-electron chi connectivity index (χ2n) is 12.2. The smallest absolute Gasteiger partial charge is 0.0593 e. The lowest BCUT2D eigenvalue weighted by atomic mass is 9.86. The number of benzene rings is 6. The Balaban J connectivity index is 1.30.